The molecule has 0 fully saturated rings. The van der Waals surface area contributed by atoms with Gasteiger partial charge in [-0.1, -0.05) is 90.2 Å². The van der Waals surface area contributed by atoms with Gasteiger partial charge in [-0.25, -0.2) is 19.6 Å². The number of hydrogen-bond acceptors (Lipinski definition) is 6. The van der Waals surface area contributed by atoms with Crippen LogP contribution in [0.3, 0.4) is 0 Å². The van der Waals surface area contributed by atoms with Gasteiger partial charge < -0.3 is 19.4 Å². The molecule has 0 unspecified atom stereocenters. The Bertz CT molecular complexity index is 1760. The predicted molar refractivity (Wildman–Crippen MR) is 213 cm³/mol. The summed E-state index contributed by atoms with van der Waals surface area (Å²) >= 11 is 0. The van der Waals surface area contributed by atoms with Gasteiger partial charge in [-0.3, -0.25) is 0 Å². The predicted octanol–water partition coefficient (Wildman–Crippen LogP) is 11.4. The Balaban J connectivity index is 0.000000202. The number of nitrogens with one attached hydrogen (secondary N) is 2. The van der Waals surface area contributed by atoms with Crippen molar-refractivity contribution >= 4 is 58.3 Å². The second-order valence-electron chi connectivity index (χ2n) is 13.3. The maximum atomic E-state index is 12.4. The van der Waals surface area contributed by atoms with Crippen molar-refractivity contribution < 1.29 is 19.1 Å². The fourth-order valence-electron chi connectivity index (χ4n) is 6.03. The van der Waals surface area contributed by atoms with Crippen LogP contribution in [0.4, 0.5) is 0 Å². The number of carbonyl (C=O) groups excluding carboxylic acids is 2. The molecule has 52 heavy (non-hydrogen) atoms. The first kappa shape index (κ1) is 38.0. The number of unbranched alkanes of at least 4 members (excludes halogenated alkanes) is 10. The van der Waals surface area contributed by atoms with Crippen molar-refractivity contribution in [1.82, 2.24) is 19.9 Å². The third-order valence-electron chi connectivity index (χ3n) is 8.87. The van der Waals surface area contributed by atoms with Crippen molar-refractivity contribution in [2.24, 2.45) is 0 Å². The summed E-state index contributed by atoms with van der Waals surface area (Å²) in [5.74, 6) is -0.888. The number of hydrogen-bond donors (Lipinski definition) is 2. The third-order valence-corrected chi connectivity index (χ3v) is 8.87. The average molecular weight is 701 g/mol. The van der Waals surface area contributed by atoms with Gasteiger partial charge in [0.15, 0.2) is 0 Å². The standard InChI is InChI=1S/C24H38O4.C20H14N4/c1-3-5-7-9-11-15-19-27-23(25)21-17-13-14-18-22(21)24(26)28-20-16-12-10-8-6-4-2;1-2-14-10-16-5-6-18(23-16)12-20-8-7-19(24-20)11-17-4-3-15(22-17)9-13(1)21-14/h13-14,17-18H,3-12,15-16,19-20H2,1-2H3;1-12,21,24H. The third kappa shape index (κ3) is 12.2. The molecule has 0 aliphatic carbocycles. The van der Waals surface area contributed by atoms with E-state index in [0.717, 1.165) is 70.5 Å². The number of fused-ring (bicyclic) bond motifs is 8. The number of benzene rings is 1. The Morgan fingerprint density at radius 2 is 0.808 bits per heavy atom. The van der Waals surface area contributed by atoms with E-state index >= 15 is 0 Å². The Hall–Kier alpha value is -5.24. The lowest BCUT2D eigenvalue weighted by Crippen LogP contribution is -2.15. The summed E-state index contributed by atoms with van der Waals surface area (Å²) in [6, 6.07) is 23.1. The van der Waals surface area contributed by atoms with Crippen LogP contribution in [0.15, 0.2) is 72.8 Å². The minimum atomic E-state index is -0.444. The normalized spacial score (nSPS) is 11.6. The number of nitrogens with zero attached hydrogens (tertiary/aromatic N) is 2. The highest BCUT2D eigenvalue weighted by Crippen LogP contribution is 2.18. The number of esters is 2. The van der Waals surface area contributed by atoms with Gasteiger partial charge in [0.05, 0.1) is 47.1 Å². The lowest BCUT2D eigenvalue weighted by atomic mass is 10.1. The molecule has 2 aliphatic rings. The largest absolute Gasteiger partial charge is 0.462 e. The first-order valence-corrected chi connectivity index (χ1v) is 19.0. The number of H-pyrrole nitrogens is 2. The lowest BCUT2D eigenvalue weighted by Gasteiger charge is -2.10. The van der Waals surface area contributed by atoms with Crippen molar-refractivity contribution in [3.63, 3.8) is 0 Å². The quantitative estimate of drug-likeness (QED) is 0.0768. The van der Waals surface area contributed by atoms with Gasteiger partial charge in [0, 0.05) is 22.1 Å². The number of ether oxygens (including phenoxy) is 2. The van der Waals surface area contributed by atoms with Gasteiger partial charge in [0.25, 0.3) is 0 Å². The molecule has 0 saturated carbocycles. The Labute approximate surface area is 307 Å². The van der Waals surface area contributed by atoms with E-state index in [0.29, 0.717) is 24.3 Å². The Kier molecular flexibility index (Phi) is 15.0. The first-order valence-electron chi connectivity index (χ1n) is 19.0. The molecule has 2 N–H and O–H groups in total. The van der Waals surface area contributed by atoms with Gasteiger partial charge in [-0.05, 0) is 97.8 Å². The number of carbonyl (C=O) groups is 2. The first-order chi connectivity index (χ1) is 25.5. The van der Waals surface area contributed by atoms with Crippen LogP contribution in [0.1, 0.15) is 134 Å². The molecule has 3 aromatic heterocycles. The fraction of sp³-hybridized carbons (Fsp3) is 0.364. The topological polar surface area (TPSA) is 110 Å². The summed E-state index contributed by atoms with van der Waals surface area (Å²) in [5.41, 5.74) is 8.45. The van der Waals surface area contributed by atoms with Crippen LogP contribution in [0.2, 0.25) is 0 Å². The van der Waals surface area contributed by atoms with E-state index in [2.05, 4.69) is 58.0 Å². The SMILES string of the molecule is C1=Cc2cc3ccc(cc4nc(cc5ccc(cc1n2)[nH]5)C=C4)[nH]3.CCCCCCCCOC(=O)c1ccccc1C(=O)OCCCCCCCC. The van der Waals surface area contributed by atoms with E-state index < -0.39 is 11.9 Å². The zero-order valence-electron chi connectivity index (χ0n) is 30.7. The second kappa shape index (κ2) is 20.6. The highest BCUT2D eigenvalue weighted by Gasteiger charge is 2.18. The summed E-state index contributed by atoms with van der Waals surface area (Å²) in [6.45, 7) is 5.17. The molecule has 8 heteroatoms. The smallest absolute Gasteiger partial charge is 0.339 e. The molecule has 0 radical (unpaired) electrons. The molecular weight excluding hydrogens is 649 g/mol. The van der Waals surface area contributed by atoms with E-state index in [1.807, 2.05) is 48.6 Å². The molecule has 8 nitrogen and oxygen atoms in total. The van der Waals surface area contributed by atoms with E-state index in [-0.39, 0.29) is 0 Å². The molecule has 2 aliphatic heterocycles. The second-order valence-corrected chi connectivity index (χ2v) is 13.3. The van der Waals surface area contributed by atoms with Crippen molar-refractivity contribution in [2.45, 2.75) is 90.9 Å². The summed E-state index contributed by atoms with van der Waals surface area (Å²) in [4.78, 5) is 40.7. The summed E-state index contributed by atoms with van der Waals surface area (Å²) < 4.78 is 10.7. The summed E-state index contributed by atoms with van der Waals surface area (Å²) in [5, 5.41) is 0. The van der Waals surface area contributed by atoms with Crippen LogP contribution in [0.5, 0.6) is 0 Å². The van der Waals surface area contributed by atoms with Crippen molar-refractivity contribution in [3.05, 3.63) is 107 Å². The minimum absolute atomic E-state index is 0.293. The molecule has 272 valence electrons. The molecular formula is C44H52N4O4. The molecule has 4 aromatic rings. The Morgan fingerprint density at radius 3 is 1.15 bits per heavy atom. The molecule has 5 heterocycles. The summed E-state index contributed by atoms with van der Waals surface area (Å²) in [6.07, 6.45) is 21.7. The number of aromatic nitrogens is 4. The van der Waals surface area contributed by atoms with Crippen molar-refractivity contribution in [3.8, 4) is 0 Å². The van der Waals surface area contributed by atoms with E-state index in [1.54, 1.807) is 24.3 Å². The van der Waals surface area contributed by atoms with E-state index in [9.17, 15) is 9.59 Å². The summed E-state index contributed by atoms with van der Waals surface area (Å²) in [7, 11) is 0. The van der Waals surface area contributed by atoms with E-state index in [1.165, 1.54) is 51.4 Å². The molecule has 0 spiro atoms. The van der Waals surface area contributed by atoms with Crippen LogP contribution < -0.4 is 0 Å². The van der Waals surface area contributed by atoms with Gasteiger partial charge in [-0.15, -0.1) is 0 Å². The maximum absolute atomic E-state index is 12.4. The monoisotopic (exact) mass is 700 g/mol. The maximum Gasteiger partial charge on any atom is 0.339 e. The van der Waals surface area contributed by atoms with E-state index in [4.69, 9.17) is 9.47 Å². The van der Waals surface area contributed by atoms with Gasteiger partial charge in [0.1, 0.15) is 0 Å². The molecule has 1 aromatic carbocycles. The van der Waals surface area contributed by atoms with Crippen LogP contribution in [0.25, 0.3) is 46.4 Å². The highest BCUT2D eigenvalue weighted by molar-refractivity contribution is 6.03. The van der Waals surface area contributed by atoms with Gasteiger partial charge in [0.2, 0.25) is 0 Å². The lowest BCUT2D eigenvalue weighted by molar-refractivity contribution is 0.0450. The van der Waals surface area contributed by atoms with Gasteiger partial charge in [-0.2, -0.15) is 0 Å². The zero-order valence-corrected chi connectivity index (χ0v) is 30.7. The minimum Gasteiger partial charge on any atom is -0.462 e. The number of rotatable bonds is 16. The fourth-order valence-corrected chi connectivity index (χ4v) is 6.03. The van der Waals surface area contributed by atoms with Crippen LogP contribution in [-0.2, 0) is 9.47 Å². The van der Waals surface area contributed by atoms with Crippen LogP contribution >= 0.6 is 0 Å². The average Bonchev–Trinajstić information content (AvgIpc) is 3.98. The van der Waals surface area contributed by atoms with Crippen LogP contribution in [0, 0.1) is 0 Å². The van der Waals surface area contributed by atoms with Crippen LogP contribution in [-0.4, -0.2) is 45.1 Å². The molecule has 0 atom stereocenters. The molecule has 6 rings (SSSR count). The van der Waals surface area contributed by atoms with Gasteiger partial charge >= 0.3 is 11.9 Å². The number of aromatic amines is 2. The van der Waals surface area contributed by atoms with Crippen molar-refractivity contribution in [1.29, 1.82) is 0 Å². The zero-order chi connectivity index (χ0) is 36.4. The van der Waals surface area contributed by atoms with Crippen molar-refractivity contribution in [2.75, 3.05) is 13.2 Å². The molecule has 8 bridgehead atoms. The molecule has 0 saturated heterocycles. The highest BCUT2D eigenvalue weighted by atomic mass is 16.5. The molecule has 0 amide bonds. The Morgan fingerprint density at radius 1 is 0.481 bits per heavy atom.